The van der Waals surface area contributed by atoms with E-state index < -0.39 is 0 Å². The number of amidine groups is 1. The monoisotopic (exact) mass is 150 g/mol. The average Bonchev–Trinajstić information content (AvgIpc) is 2.27. The molecule has 0 radical (unpaired) electrons. The molecule has 4 heteroatoms. The maximum atomic E-state index is 5.57. The lowest BCUT2D eigenvalue weighted by atomic mass is 10.3. The number of hydrogen-bond donors (Lipinski definition) is 1. The van der Waals surface area contributed by atoms with E-state index in [1.807, 2.05) is 17.7 Å². The van der Waals surface area contributed by atoms with Crippen LogP contribution in [0.2, 0.25) is 0 Å². The normalized spacial score (nSPS) is 15.9. The van der Waals surface area contributed by atoms with Crippen LogP contribution in [0, 0.1) is 6.92 Å². The molecule has 1 aliphatic rings. The van der Waals surface area contributed by atoms with Crippen LogP contribution in [0.3, 0.4) is 0 Å². The van der Waals surface area contributed by atoms with Gasteiger partial charge in [-0.05, 0) is 6.92 Å². The Balaban J connectivity index is 2.50. The highest BCUT2D eigenvalue weighted by molar-refractivity contribution is 5.83. The Morgan fingerprint density at radius 2 is 2.45 bits per heavy atom. The highest BCUT2D eigenvalue weighted by atomic mass is 15.3. The molecule has 4 nitrogen and oxygen atoms in total. The molecule has 0 saturated carbocycles. The Labute approximate surface area is 64.7 Å². The van der Waals surface area contributed by atoms with E-state index in [0.717, 1.165) is 24.5 Å². The van der Waals surface area contributed by atoms with E-state index in [-0.39, 0.29) is 0 Å². The van der Waals surface area contributed by atoms with Crippen molar-refractivity contribution in [1.82, 2.24) is 9.78 Å². The summed E-state index contributed by atoms with van der Waals surface area (Å²) < 4.78 is 1.88. The van der Waals surface area contributed by atoms with Crippen molar-refractivity contribution in [2.24, 2.45) is 10.7 Å². The van der Waals surface area contributed by atoms with E-state index in [1.54, 1.807) is 0 Å². The van der Waals surface area contributed by atoms with Gasteiger partial charge < -0.3 is 5.73 Å². The van der Waals surface area contributed by atoms with Crippen molar-refractivity contribution >= 4 is 11.7 Å². The number of aliphatic imine (C=N–C) groups is 1. The molecule has 2 heterocycles. The van der Waals surface area contributed by atoms with Crippen molar-refractivity contribution in [3.63, 3.8) is 0 Å². The van der Waals surface area contributed by atoms with Crippen molar-refractivity contribution in [2.45, 2.75) is 19.9 Å². The minimum absolute atomic E-state index is 0.706. The highest BCUT2D eigenvalue weighted by Crippen LogP contribution is 2.17. The number of aromatic nitrogens is 2. The van der Waals surface area contributed by atoms with E-state index in [1.165, 1.54) is 0 Å². The van der Waals surface area contributed by atoms with Crippen molar-refractivity contribution in [2.75, 3.05) is 0 Å². The second-order valence-corrected chi connectivity index (χ2v) is 2.72. The summed E-state index contributed by atoms with van der Waals surface area (Å²) in [6, 6.07) is 1.94. The molecule has 2 rings (SSSR count). The molecule has 1 aliphatic heterocycles. The fourth-order valence-electron chi connectivity index (χ4n) is 1.21. The molecule has 0 atom stereocenters. The standard InChI is InChI=1S/C7H10N4/c1-5-4-7-9-6(8)2-3-11(7)10-5/h4H,2-3H2,1H3,(H2,8,9). The molecule has 0 fully saturated rings. The molecule has 0 bridgehead atoms. The summed E-state index contributed by atoms with van der Waals surface area (Å²) in [4.78, 5) is 4.16. The summed E-state index contributed by atoms with van der Waals surface area (Å²) in [5, 5.41) is 4.24. The van der Waals surface area contributed by atoms with Crippen LogP contribution in [0.25, 0.3) is 0 Å². The van der Waals surface area contributed by atoms with Crippen molar-refractivity contribution in [3.05, 3.63) is 11.8 Å². The van der Waals surface area contributed by atoms with Gasteiger partial charge in [0.15, 0.2) is 5.82 Å². The van der Waals surface area contributed by atoms with Gasteiger partial charge in [0.05, 0.1) is 12.2 Å². The molecule has 1 aromatic rings. The largest absolute Gasteiger partial charge is 0.387 e. The minimum Gasteiger partial charge on any atom is -0.387 e. The van der Waals surface area contributed by atoms with Crippen molar-refractivity contribution < 1.29 is 0 Å². The summed E-state index contributed by atoms with van der Waals surface area (Å²) in [6.45, 7) is 2.82. The SMILES string of the molecule is Cc1cc2n(n1)CCC(N)=N2. The molecule has 0 amide bonds. The molecule has 11 heavy (non-hydrogen) atoms. The maximum Gasteiger partial charge on any atom is 0.152 e. The number of nitrogens with two attached hydrogens (primary N) is 1. The van der Waals surface area contributed by atoms with Gasteiger partial charge in [-0.3, -0.25) is 0 Å². The van der Waals surface area contributed by atoms with Gasteiger partial charge in [0.1, 0.15) is 5.84 Å². The molecule has 58 valence electrons. The van der Waals surface area contributed by atoms with Gasteiger partial charge in [-0.2, -0.15) is 5.10 Å². The summed E-state index contributed by atoms with van der Waals surface area (Å²) in [7, 11) is 0. The van der Waals surface area contributed by atoms with Crippen LogP contribution in [-0.2, 0) is 6.54 Å². The third kappa shape index (κ3) is 1.00. The molecule has 1 aromatic heterocycles. The zero-order valence-electron chi connectivity index (χ0n) is 6.41. The third-order valence-corrected chi connectivity index (χ3v) is 1.72. The first-order valence-electron chi connectivity index (χ1n) is 3.63. The maximum absolute atomic E-state index is 5.57. The second kappa shape index (κ2) is 2.08. The minimum atomic E-state index is 0.706. The molecule has 0 saturated heterocycles. The number of fused-ring (bicyclic) bond motifs is 1. The van der Waals surface area contributed by atoms with E-state index in [4.69, 9.17) is 5.73 Å². The predicted octanol–water partition coefficient (Wildman–Crippen LogP) is 0.584. The molecule has 2 N–H and O–H groups in total. The third-order valence-electron chi connectivity index (χ3n) is 1.72. The van der Waals surface area contributed by atoms with Crippen molar-refractivity contribution in [3.8, 4) is 0 Å². The van der Waals surface area contributed by atoms with Crippen molar-refractivity contribution in [1.29, 1.82) is 0 Å². The smallest absolute Gasteiger partial charge is 0.152 e. The molecular formula is C7H10N4. The summed E-state index contributed by atoms with van der Waals surface area (Å²) in [5.74, 6) is 1.59. The Kier molecular flexibility index (Phi) is 1.21. The van der Waals surface area contributed by atoms with Crippen LogP contribution in [-0.4, -0.2) is 15.6 Å². The molecule has 0 unspecified atom stereocenters. The summed E-state index contributed by atoms with van der Waals surface area (Å²) in [6.07, 6.45) is 0.814. The van der Waals surface area contributed by atoms with Crippen LogP contribution in [0.1, 0.15) is 12.1 Å². The lowest BCUT2D eigenvalue weighted by Crippen LogP contribution is -2.19. The first-order chi connectivity index (χ1) is 5.25. The Morgan fingerprint density at radius 3 is 3.27 bits per heavy atom. The molecular weight excluding hydrogens is 140 g/mol. The first kappa shape index (κ1) is 6.39. The summed E-state index contributed by atoms with van der Waals surface area (Å²) in [5.41, 5.74) is 6.57. The first-order valence-corrected chi connectivity index (χ1v) is 3.63. The van der Waals surface area contributed by atoms with Crippen LogP contribution in [0.5, 0.6) is 0 Å². The van der Waals surface area contributed by atoms with Gasteiger partial charge in [-0.25, -0.2) is 9.67 Å². The van der Waals surface area contributed by atoms with Gasteiger partial charge in [-0.15, -0.1) is 0 Å². The van der Waals surface area contributed by atoms with Gasteiger partial charge in [0.25, 0.3) is 0 Å². The fraction of sp³-hybridized carbons (Fsp3) is 0.429. The second-order valence-electron chi connectivity index (χ2n) is 2.72. The average molecular weight is 150 g/mol. The molecule has 0 spiro atoms. The zero-order valence-corrected chi connectivity index (χ0v) is 6.41. The quantitative estimate of drug-likeness (QED) is 0.588. The van der Waals surface area contributed by atoms with E-state index in [2.05, 4.69) is 10.1 Å². The molecule has 0 aromatic carbocycles. The number of aryl methyl sites for hydroxylation is 2. The van der Waals surface area contributed by atoms with Crippen LogP contribution in [0.4, 0.5) is 5.82 Å². The van der Waals surface area contributed by atoms with Gasteiger partial charge in [-0.1, -0.05) is 0 Å². The Morgan fingerprint density at radius 1 is 1.64 bits per heavy atom. The fourth-order valence-corrected chi connectivity index (χ4v) is 1.21. The lowest BCUT2D eigenvalue weighted by molar-refractivity contribution is 0.618. The van der Waals surface area contributed by atoms with Crippen LogP contribution >= 0.6 is 0 Å². The van der Waals surface area contributed by atoms with Crippen LogP contribution in [0.15, 0.2) is 11.1 Å². The zero-order chi connectivity index (χ0) is 7.84. The van der Waals surface area contributed by atoms with E-state index in [9.17, 15) is 0 Å². The lowest BCUT2D eigenvalue weighted by Gasteiger charge is -2.09. The summed E-state index contributed by atoms with van der Waals surface area (Å²) >= 11 is 0. The number of rotatable bonds is 0. The van der Waals surface area contributed by atoms with E-state index in [0.29, 0.717) is 5.84 Å². The Hall–Kier alpha value is -1.32. The van der Waals surface area contributed by atoms with Gasteiger partial charge in [0.2, 0.25) is 0 Å². The number of nitrogens with zero attached hydrogens (tertiary/aromatic N) is 3. The van der Waals surface area contributed by atoms with Crippen LogP contribution < -0.4 is 5.73 Å². The Bertz CT molecular complexity index is 310. The van der Waals surface area contributed by atoms with Gasteiger partial charge in [0, 0.05) is 12.5 Å². The highest BCUT2D eigenvalue weighted by Gasteiger charge is 2.09. The van der Waals surface area contributed by atoms with Gasteiger partial charge >= 0.3 is 0 Å². The molecule has 0 aliphatic carbocycles. The topological polar surface area (TPSA) is 56.2 Å². The predicted molar refractivity (Wildman–Crippen MR) is 42.9 cm³/mol. The number of hydrogen-bond acceptors (Lipinski definition) is 3. The van der Waals surface area contributed by atoms with E-state index >= 15 is 0 Å².